The van der Waals surface area contributed by atoms with Gasteiger partial charge in [0.15, 0.2) is 0 Å². The van der Waals surface area contributed by atoms with Crippen molar-refractivity contribution in [1.82, 2.24) is 15.0 Å². The SMILES string of the molecule is Nc1ncnc(N2CCN(c3ccccc3)CC2)n1. The van der Waals surface area contributed by atoms with Crippen molar-refractivity contribution >= 4 is 17.6 Å². The number of para-hydroxylation sites is 1. The van der Waals surface area contributed by atoms with Crippen molar-refractivity contribution in [2.75, 3.05) is 41.7 Å². The molecule has 1 aliphatic rings. The van der Waals surface area contributed by atoms with Crippen LogP contribution in [0.15, 0.2) is 36.7 Å². The summed E-state index contributed by atoms with van der Waals surface area (Å²) in [7, 11) is 0. The molecule has 0 spiro atoms. The first-order valence-corrected chi connectivity index (χ1v) is 6.32. The summed E-state index contributed by atoms with van der Waals surface area (Å²) in [5, 5.41) is 0. The normalized spacial score (nSPS) is 15.6. The number of piperazine rings is 1. The Morgan fingerprint density at radius 2 is 1.58 bits per heavy atom. The van der Waals surface area contributed by atoms with E-state index in [1.54, 1.807) is 0 Å². The molecule has 19 heavy (non-hydrogen) atoms. The molecule has 0 aliphatic carbocycles. The zero-order chi connectivity index (χ0) is 13.1. The number of aromatic nitrogens is 3. The third kappa shape index (κ3) is 2.57. The molecule has 6 heteroatoms. The smallest absolute Gasteiger partial charge is 0.230 e. The average molecular weight is 256 g/mol. The molecule has 0 unspecified atom stereocenters. The summed E-state index contributed by atoms with van der Waals surface area (Å²) in [6.07, 6.45) is 1.46. The predicted molar refractivity (Wildman–Crippen MR) is 75.1 cm³/mol. The molecule has 1 saturated heterocycles. The topological polar surface area (TPSA) is 71.2 Å². The highest BCUT2D eigenvalue weighted by atomic mass is 15.3. The number of hydrogen-bond acceptors (Lipinski definition) is 6. The van der Waals surface area contributed by atoms with E-state index in [1.165, 1.54) is 12.0 Å². The molecule has 2 aromatic rings. The predicted octanol–water partition coefficient (Wildman–Crippen LogP) is 0.780. The Morgan fingerprint density at radius 3 is 2.26 bits per heavy atom. The van der Waals surface area contributed by atoms with Gasteiger partial charge in [-0.3, -0.25) is 0 Å². The van der Waals surface area contributed by atoms with E-state index in [0.717, 1.165) is 26.2 Å². The third-order valence-electron chi connectivity index (χ3n) is 3.26. The average Bonchev–Trinajstić information content (AvgIpc) is 2.48. The highest BCUT2D eigenvalue weighted by molar-refractivity contribution is 5.48. The van der Waals surface area contributed by atoms with Gasteiger partial charge in [0.25, 0.3) is 0 Å². The first-order chi connectivity index (χ1) is 9.33. The van der Waals surface area contributed by atoms with Gasteiger partial charge in [0.1, 0.15) is 6.33 Å². The molecule has 0 amide bonds. The summed E-state index contributed by atoms with van der Waals surface area (Å²) in [5.74, 6) is 0.940. The van der Waals surface area contributed by atoms with E-state index in [2.05, 4.69) is 49.0 Å². The molecule has 0 saturated carbocycles. The third-order valence-corrected chi connectivity index (χ3v) is 3.26. The van der Waals surface area contributed by atoms with Gasteiger partial charge in [0.2, 0.25) is 11.9 Å². The van der Waals surface area contributed by atoms with E-state index in [9.17, 15) is 0 Å². The second kappa shape index (κ2) is 5.09. The van der Waals surface area contributed by atoms with Crippen LogP contribution >= 0.6 is 0 Å². The molecule has 6 nitrogen and oxygen atoms in total. The minimum Gasteiger partial charge on any atom is -0.368 e. The Kier molecular flexibility index (Phi) is 3.14. The molecule has 0 atom stereocenters. The maximum Gasteiger partial charge on any atom is 0.230 e. The molecule has 2 heterocycles. The lowest BCUT2D eigenvalue weighted by Crippen LogP contribution is -2.47. The number of hydrogen-bond donors (Lipinski definition) is 1. The molecule has 1 aromatic heterocycles. The Balaban J connectivity index is 1.67. The number of nitrogens with two attached hydrogens (primary N) is 1. The van der Waals surface area contributed by atoms with Gasteiger partial charge in [0.05, 0.1) is 0 Å². The van der Waals surface area contributed by atoms with Gasteiger partial charge in [0, 0.05) is 31.9 Å². The van der Waals surface area contributed by atoms with Crippen LogP contribution in [0.1, 0.15) is 0 Å². The molecule has 0 radical (unpaired) electrons. The molecule has 0 bridgehead atoms. The fourth-order valence-corrected chi connectivity index (χ4v) is 2.26. The molecule has 2 N–H and O–H groups in total. The van der Waals surface area contributed by atoms with Crippen LogP contribution in [0, 0.1) is 0 Å². The molecular weight excluding hydrogens is 240 g/mol. The zero-order valence-electron chi connectivity index (χ0n) is 10.6. The van der Waals surface area contributed by atoms with Crippen LogP contribution in [0.2, 0.25) is 0 Å². The maximum atomic E-state index is 5.58. The monoisotopic (exact) mass is 256 g/mol. The lowest BCUT2D eigenvalue weighted by atomic mass is 10.2. The molecule has 1 aromatic carbocycles. The van der Waals surface area contributed by atoms with Crippen molar-refractivity contribution in [2.24, 2.45) is 0 Å². The Morgan fingerprint density at radius 1 is 0.895 bits per heavy atom. The molecule has 98 valence electrons. The van der Waals surface area contributed by atoms with Crippen LogP contribution in [0.3, 0.4) is 0 Å². The second-order valence-corrected chi connectivity index (χ2v) is 4.45. The van der Waals surface area contributed by atoms with E-state index in [1.807, 2.05) is 6.07 Å². The van der Waals surface area contributed by atoms with E-state index in [4.69, 9.17) is 5.73 Å². The Labute approximate surface area is 111 Å². The van der Waals surface area contributed by atoms with Crippen molar-refractivity contribution in [3.8, 4) is 0 Å². The summed E-state index contributed by atoms with van der Waals surface area (Å²) in [4.78, 5) is 16.6. The first kappa shape index (κ1) is 11.7. The van der Waals surface area contributed by atoms with Crippen LogP contribution in [-0.4, -0.2) is 41.1 Å². The Bertz CT molecular complexity index is 536. The highest BCUT2D eigenvalue weighted by Gasteiger charge is 2.19. The largest absolute Gasteiger partial charge is 0.368 e. The van der Waals surface area contributed by atoms with Gasteiger partial charge in [-0.1, -0.05) is 18.2 Å². The highest BCUT2D eigenvalue weighted by Crippen LogP contribution is 2.17. The minimum absolute atomic E-state index is 0.274. The standard InChI is InChI=1S/C13H16N6/c14-12-15-10-16-13(17-12)19-8-6-18(7-9-19)11-4-2-1-3-5-11/h1-5,10H,6-9H2,(H2,14,15,16,17). The summed E-state index contributed by atoms with van der Waals surface area (Å²) in [6, 6.07) is 10.4. The van der Waals surface area contributed by atoms with Crippen molar-refractivity contribution in [1.29, 1.82) is 0 Å². The van der Waals surface area contributed by atoms with Gasteiger partial charge < -0.3 is 15.5 Å². The van der Waals surface area contributed by atoms with Crippen LogP contribution in [-0.2, 0) is 0 Å². The van der Waals surface area contributed by atoms with E-state index >= 15 is 0 Å². The minimum atomic E-state index is 0.274. The van der Waals surface area contributed by atoms with E-state index in [-0.39, 0.29) is 5.95 Å². The van der Waals surface area contributed by atoms with Gasteiger partial charge in [-0.2, -0.15) is 4.98 Å². The molecule has 3 rings (SSSR count). The van der Waals surface area contributed by atoms with Crippen molar-refractivity contribution in [3.05, 3.63) is 36.7 Å². The van der Waals surface area contributed by atoms with Crippen molar-refractivity contribution in [3.63, 3.8) is 0 Å². The number of nitrogen functional groups attached to an aromatic ring is 1. The fraction of sp³-hybridized carbons (Fsp3) is 0.308. The number of anilines is 3. The van der Waals surface area contributed by atoms with Crippen molar-refractivity contribution < 1.29 is 0 Å². The second-order valence-electron chi connectivity index (χ2n) is 4.45. The first-order valence-electron chi connectivity index (χ1n) is 6.32. The lowest BCUT2D eigenvalue weighted by Gasteiger charge is -2.36. The Hall–Kier alpha value is -2.37. The van der Waals surface area contributed by atoms with Gasteiger partial charge >= 0.3 is 0 Å². The van der Waals surface area contributed by atoms with Crippen LogP contribution in [0.25, 0.3) is 0 Å². The van der Waals surface area contributed by atoms with Crippen LogP contribution in [0.5, 0.6) is 0 Å². The molecular formula is C13H16N6. The van der Waals surface area contributed by atoms with E-state index in [0.29, 0.717) is 5.95 Å². The molecule has 1 fully saturated rings. The van der Waals surface area contributed by atoms with Crippen LogP contribution in [0.4, 0.5) is 17.6 Å². The zero-order valence-corrected chi connectivity index (χ0v) is 10.6. The summed E-state index contributed by atoms with van der Waals surface area (Å²) in [5.41, 5.74) is 6.85. The maximum absolute atomic E-state index is 5.58. The van der Waals surface area contributed by atoms with E-state index < -0.39 is 0 Å². The quantitative estimate of drug-likeness (QED) is 0.856. The lowest BCUT2D eigenvalue weighted by molar-refractivity contribution is 0.639. The molecule has 1 aliphatic heterocycles. The number of benzene rings is 1. The summed E-state index contributed by atoms with van der Waals surface area (Å²) >= 11 is 0. The van der Waals surface area contributed by atoms with Gasteiger partial charge in [-0.15, -0.1) is 0 Å². The van der Waals surface area contributed by atoms with Crippen LogP contribution < -0.4 is 15.5 Å². The summed E-state index contributed by atoms with van der Waals surface area (Å²) in [6.45, 7) is 3.68. The summed E-state index contributed by atoms with van der Waals surface area (Å²) < 4.78 is 0. The van der Waals surface area contributed by atoms with Crippen molar-refractivity contribution in [2.45, 2.75) is 0 Å². The fourth-order valence-electron chi connectivity index (χ4n) is 2.26. The number of rotatable bonds is 2. The van der Waals surface area contributed by atoms with Gasteiger partial charge in [-0.05, 0) is 12.1 Å². The number of nitrogens with zero attached hydrogens (tertiary/aromatic N) is 5. The van der Waals surface area contributed by atoms with Gasteiger partial charge in [-0.25, -0.2) is 9.97 Å².